The summed E-state index contributed by atoms with van der Waals surface area (Å²) in [6.45, 7) is 2.42. The van der Waals surface area contributed by atoms with Crippen LogP contribution in [0.3, 0.4) is 0 Å². The van der Waals surface area contributed by atoms with Crippen molar-refractivity contribution in [2.24, 2.45) is 11.8 Å². The Labute approximate surface area is 103 Å². The number of aryl methyl sites for hydroxylation is 1. The number of hydrogen-bond donors (Lipinski definition) is 1. The Morgan fingerprint density at radius 1 is 1.59 bits per heavy atom. The number of rotatable bonds is 4. The van der Waals surface area contributed by atoms with Gasteiger partial charge in [-0.15, -0.1) is 11.3 Å². The van der Waals surface area contributed by atoms with Gasteiger partial charge in [0.1, 0.15) is 0 Å². The Kier molecular flexibility index (Phi) is 3.15. The molecule has 5 nitrogen and oxygen atoms in total. The molecule has 1 aromatic heterocycles. The first-order valence-electron chi connectivity index (χ1n) is 5.37. The highest BCUT2D eigenvalue weighted by atomic mass is 32.1. The highest BCUT2D eigenvalue weighted by Crippen LogP contribution is 2.40. The molecule has 1 heterocycles. The summed E-state index contributed by atoms with van der Waals surface area (Å²) >= 11 is 1.51. The standard InChI is InChI=1S/C11H14N2O3S/c1-6-9(17-5-12-6)4-13(2)10(14)7-3-8(7)11(15)16/h5,7-8H,3-4H2,1-2H3,(H,15,16)/t7-,8+/m1/s1. The molecule has 0 bridgehead atoms. The van der Waals surface area contributed by atoms with Crippen molar-refractivity contribution in [2.75, 3.05) is 7.05 Å². The molecule has 0 spiro atoms. The number of carbonyl (C=O) groups is 2. The van der Waals surface area contributed by atoms with Crippen molar-refractivity contribution >= 4 is 23.2 Å². The second kappa shape index (κ2) is 4.44. The SMILES string of the molecule is Cc1ncsc1CN(C)C(=O)[C@@H]1C[C@@H]1C(=O)O. The van der Waals surface area contributed by atoms with E-state index >= 15 is 0 Å². The first-order chi connectivity index (χ1) is 8.00. The molecule has 1 N–H and O–H groups in total. The fourth-order valence-corrected chi connectivity index (χ4v) is 2.62. The van der Waals surface area contributed by atoms with Crippen molar-refractivity contribution in [3.63, 3.8) is 0 Å². The monoisotopic (exact) mass is 254 g/mol. The van der Waals surface area contributed by atoms with E-state index in [9.17, 15) is 9.59 Å². The molecular weight excluding hydrogens is 240 g/mol. The fraction of sp³-hybridized carbons (Fsp3) is 0.545. The average molecular weight is 254 g/mol. The summed E-state index contributed by atoms with van der Waals surface area (Å²) in [6.07, 6.45) is 0.472. The molecule has 0 aliphatic heterocycles. The summed E-state index contributed by atoms with van der Waals surface area (Å²) in [6, 6.07) is 0. The first kappa shape index (κ1) is 12.0. The summed E-state index contributed by atoms with van der Waals surface area (Å²) in [5.41, 5.74) is 2.68. The Hall–Kier alpha value is -1.43. The molecule has 1 aromatic rings. The van der Waals surface area contributed by atoms with E-state index < -0.39 is 11.9 Å². The van der Waals surface area contributed by atoms with E-state index in [1.165, 1.54) is 11.3 Å². The zero-order valence-corrected chi connectivity index (χ0v) is 10.5. The van der Waals surface area contributed by atoms with Gasteiger partial charge in [-0.1, -0.05) is 0 Å². The van der Waals surface area contributed by atoms with Gasteiger partial charge in [0.25, 0.3) is 0 Å². The number of carboxylic acid groups (broad SMARTS) is 1. The summed E-state index contributed by atoms with van der Waals surface area (Å²) < 4.78 is 0. The van der Waals surface area contributed by atoms with Crippen LogP contribution >= 0.6 is 11.3 Å². The van der Waals surface area contributed by atoms with E-state index in [-0.39, 0.29) is 11.8 Å². The Balaban J connectivity index is 1.93. The zero-order valence-electron chi connectivity index (χ0n) is 9.71. The molecule has 17 heavy (non-hydrogen) atoms. The third-order valence-electron chi connectivity index (χ3n) is 3.03. The van der Waals surface area contributed by atoms with Crippen LogP contribution in [0.4, 0.5) is 0 Å². The summed E-state index contributed by atoms with van der Waals surface area (Å²) in [5.74, 6) is -1.76. The normalized spacial score (nSPS) is 22.2. The molecule has 0 radical (unpaired) electrons. The lowest BCUT2D eigenvalue weighted by molar-refractivity contribution is -0.141. The number of amides is 1. The average Bonchev–Trinajstić information content (AvgIpc) is 2.98. The molecule has 1 fully saturated rings. The van der Waals surface area contributed by atoms with E-state index in [1.54, 1.807) is 17.5 Å². The van der Waals surface area contributed by atoms with Gasteiger partial charge in [-0.05, 0) is 13.3 Å². The number of nitrogens with zero attached hydrogens (tertiary/aromatic N) is 2. The summed E-state index contributed by atoms with van der Waals surface area (Å²) in [7, 11) is 1.71. The van der Waals surface area contributed by atoms with Crippen LogP contribution in [0, 0.1) is 18.8 Å². The minimum atomic E-state index is -0.870. The molecule has 6 heteroatoms. The molecule has 0 saturated heterocycles. The fourth-order valence-electron chi connectivity index (χ4n) is 1.80. The van der Waals surface area contributed by atoms with Crippen LogP contribution in [0.15, 0.2) is 5.51 Å². The number of aromatic nitrogens is 1. The minimum Gasteiger partial charge on any atom is -0.481 e. The summed E-state index contributed by atoms with van der Waals surface area (Å²) in [5, 5.41) is 8.78. The molecule has 1 aliphatic carbocycles. The highest BCUT2D eigenvalue weighted by Gasteiger charge is 2.49. The maximum atomic E-state index is 11.9. The third-order valence-corrected chi connectivity index (χ3v) is 3.95. The van der Waals surface area contributed by atoms with E-state index in [2.05, 4.69) is 4.98 Å². The van der Waals surface area contributed by atoms with Gasteiger partial charge in [0.15, 0.2) is 0 Å². The van der Waals surface area contributed by atoms with Gasteiger partial charge >= 0.3 is 5.97 Å². The van der Waals surface area contributed by atoms with E-state index in [0.29, 0.717) is 13.0 Å². The van der Waals surface area contributed by atoms with Crippen LogP contribution in [-0.2, 0) is 16.1 Å². The predicted octanol–water partition coefficient (Wildman–Crippen LogP) is 1.13. The van der Waals surface area contributed by atoms with Crippen molar-refractivity contribution in [2.45, 2.75) is 19.9 Å². The van der Waals surface area contributed by atoms with Gasteiger partial charge in [0.05, 0.1) is 29.6 Å². The number of carbonyl (C=O) groups excluding carboxylic acids is 1. The molecule has 0 unspecified atom stereocenters. The van der Waals surface area contributed by atoms with Gasteiger partial charge < -0.3 is 10.0 Å². The van der Waals surface area contributed by atoms with Crippen molar-refractivity contribution < 1.29 is 14.7 Å². The molecule has 1 aliphatic rings. The molecule has 92 valence electrons. The Morgan fingerprint density at radius 2 is 2.29 bits per heavy atom. The lowest BCUT2D eigenvalue weighted by Crippen LogP contribution is -2.28. The quantitative estimate of drug-likeness (QED) is 0.874. The van der Waals surface area contributed by atoms with Gasteiger partial charge in [-0.3, -0.25) is 9.59 Å². The highest BCUT2D eigenvalue weighted by molar-refractivity contribution is 7.09. The maximum absolute atomic E-state index is 11.9. The number of carboxylic acids is 1. The Morgan fingerprint density at radius 3 is 2.76 bits per heavy atom. The smallest absolute Gasteiger partial charge is 0.307 e. The molecular formula is C11H14N2O3S. The largest absolute Gasteiger partial charge is 0.481 e. The van der Waals surface area contributed by atoms with Gasteiger partial charge in [0.2, 0.25) is 5.91 Å². The third kappa shape index (κ3) is 2.46. The van der Waals surface area contributed by atoms with Crippen LogP contribution in [0.25, 0.3) is 0 Å². The second-order valence-corrected chi connectivity index (χ2v) is 5.28. The molecule has 0 aromatic carbocycles. The topological polar surface area (TPSA) is 70.5 Å². The number of thiazole rings is 1. The van der Waals surface area contributed by atoms with Crippen molar-refractivity contribution in [1.29, 1.82) is 0 Å². The zero-order chi connectivity index (χ0) is 12.6. The molecule has 2 atom stereocenters. The van der Waals surface area contributed by atoms with E-state index in [1.807, 2.05) is 6.92 Å². The van der Waals surface area contributed by atoms with Crippen LogP contribution < -0.4 is 0 Å². The minimum absolute atomic E-state index is 0.0785. The van der Waals surface area contributed by atoms with Crippen LogP contribution in [0.2, 0.25) is 0 Å². The van der Waals surface area contributed by atoms with Crippen molar-refractivity contribution in [3.05, 3.63) is 16.1 Å². The van der Waals surface area contributed by atoms with Crippen LogP contribution in [0.5, 0.6) is 0 Å². The number of aliphatic carboxylic acids is 1. The van der Waals surface area contributed by atoms with Crippen molar-refractivity contribution in [1.82, 2.24) is 9.88 Å². The second-order valence-electron chi connectivity index (χ2n) is 4.34. The molecule has 1 amide bonds. The van der Waals surface area contributed by atoms with Crippen LogP contribution in [0.1, 0.15) is 17.0 Å². The van der Waals surface area contributed by atoms with E-state index in [4.69, 9.17) is 5.11 Å². The number of hydrogen-bond acceptors (Lipinski definition) is 4. The van der Waals surface area contributed by atoms with Gasteiger partial charge in [-0.2, -0.15) is 0 Å². The van der Waals surface area contributed by atoms with Gasteiger partial charge in [0, 0.05) is 11.9 Å². The van der Waals surface area contributed by atoms with E-state index in [0.717, 1.165) is 10.6 Å². The summed E-state index contributed by atoms with van der Waals surface area (Å²) in [4.78, 5) is 29.4. The maximum Gasteiger partial charge on any atom is 0.307 e. The predicted molar refractivity (Wildman–Crippen MR) is 62.6 cm³/mol. The van der Waals surface area contributed by atoms with Crippen LogP contribution in [-0.4, -0.2) is 33.9 Å². The van der Waals surface area contributed by atoms with Gasteiger partial charge in [-0.25, -0.2) is 4.98 Å². The lowest BCUT2D eigenvalue weighted by Gasteiger charge is -2.16. The molecule has 2 rings (SSSR count). The van der Waals surface area contributed by atoms with Crippen molar-refractivity contribution in [3.8, 4) is 0 Å². The Bertz CT molecular complexity index is 457. The lowest BCUT2D eigenvalue weighted by atomic mass is 10.2. The first-order valence-corrected chi connectivity index (χ1v) is 6.25. The molecule has 1 saturated carbocycles.